The lowest BCUT2D eigenvalue weighted by Gasteiger charge is -2.36. The summed E-state index contributed by atoms with van der Waals surface area (Å²) < 4.78 is 13.6. The molecule has 1 atom stereocenters. The Hall–Kier alpha value is -2.69. The number of carbonyl (C=O) groups excluding carboxylic acids is 2. The second-order valence-electron chi connectivity index (χ2n) is 6.28. The Balaban J connectivity index is 1.99. The molecule has 4 nitrogen and oxygen atoms in total. The van der Waals surface area contributed by atoms with Gasteiger partial charge in [0.05, 0.1) is 0 Å². The summed E-state index contributed by atoms with van der Waals surface area (Å²) in [5.41, 5.74) is 3.08. The van der Waals surface area contributed by atoms with Gasteiger partial charge in [0.25, 0.3) is 5.91 Å². The van der Waals surface area contributed by atoms with Crippen LogP contribution in [-0.4, -0.2) is 29.3 Å². The van der Waals surface area contributed by atoms with E-state index < -0.39 is 11.9 Å². The number of fused-ring (bicyclic) bond motifs is 1. The predicted octanol–water partition coefficient (Wildman–Crippen LogP) is 2.84. The molecule has 0 aromatic heterocycles. The third-order valence-electron chi connectivity index (χ3n) is 4.59. The van der Waals surface area contributed by atoms with Crippen LogP contribution in [0, 0.1) is 12.7 Å². The van der Waals surface area contributed by atoms with Crippen LogP contribution in [0.25, 0.3) is 0 Å². The zero-order valence-corrected chi connectivity index (χ0v) is 14.4. The van der Waals surface area contributed by atoms with Gasteiger partial charge in [0.2, 0.25) is 5.91 Å². The van der Waals surface area contributed by atoms with Gasteiger partial charge in [-0.15, -0.1) is 0 Å². The van der Waals surface area contributed by atoms with E-state index in [-0.39, 0.29) is 11.8 Å². The summed E-state index contributed by atoms with van der Waals surface area (Å²) in [5.74, 6) is -0.955. The molecular weight excluding hydrogens is 319 g/mol. The molecule has 0 saturated carbocycles. The maximum absolute atomic E-state index is 13.6. The Morgan fingerprint density at radius 2 is 1.92 bits per heavy atom. The summed E-state index contributed by atoms with van der Waals surface area (Å²) in [6, 6.07) is 11.4. The first-order chi connectivity index (χ1) is 12.0. The summed E-state index contributed by atoms with van der Waals surface area (Å²) in [4.78, 5) is 27.2. The van der Waals surface area contributed by atoms with E-state index in [2.05, 4.69) is 5.32 Å². The minimum Gasteiger partial charge on any atom is -0.355 e. The molecule has 0 spiro atoms. The largest absolute Gasteiger partial charge is 0.355 e. The number of nitrogens with zero attached hydrogens (tertiary/aromatic N) is 1. The number of aryl methyl sites for hydroxylation is 1. The molecule has 130 valence electrons. The molecule has 1 heterocycles. The van der Waals surface area contributed by atoms with Crippen molar-refractivity contribution in [2.45, 2.75) is 32.9 Å². The fraction of sp³-hybridized carbons (Fsp3) is 0.300. The smallest absolute Gasteiger partial charge is 0.255 e. The lowest BCUT2D eigenvalue weighted by Crippen LogP contribution is -2.52. The minimum atomic E-state index is -0.593. The SMILES string of the molecule is CCNC(=O)[C@H]1Cc2ccccc2CN1C(=O)c1cc(F)ccc1C. The molecule has 1 aliphatic heterocycles. The third-order valence-corrected chi connectivity index (χ3v) is 4.59. The number of hydrogen-bond donors (Lipinski definition) is 1. The van der Waals surface area contributed by atoms with E-state index in [9.17, 15) is 14.0 Å². The molecule has 0 aliphatic carbocycles. The molecule has 2 amide bonds. The van der Waals surface area contributed by atoms with E-state index >= 15 is 0 Å². The molecule has 2 aromatic rings. The van der Waals surface area contributed by atoms with Crippen LogP contribution in [0.1, 0.15) is 34.0 Å². The molecular formula is C20H21FN2O2. The zero-order valence-electron chi connectivity index (χ0n) is 14.4. The lowest BCUT2D eigenvalue weighted by molar-refractivity contribution is -0.126. The summed E-state index contributed by atoms with van der Waals surface area (Å²) in [5, 5.41) is 2.80. The number of amides is 2. The first-order valence-corrected chi connectivity index (χ1v) is 8.43. The van der Waals surface area contributed by atoms with Crippen LogP contribution in [0.4, 0.5) is 4.39 Å². The second-order valence-corrected chi connectivity index (χ2v) is 6.28. The van der Waals surface area contributed by atoms with Crippen molar-refractivity contribution in [2.24, 2.45) is 0 Å². The maximum Gasteiger partial charge on any atom is 0.255 e. The Kier molecular flexibility index (Phi) is 4.83. The quantitative estimate of drug-likeness (QED) is 0.934. The van der Waals surface area contributed by atoms with E-state index in [1.54, 1.807) is 17.9 Å². The molecule has 1 N–H and O–H groups in total. The highest BCUT2D eigenvalue weighted by Gasteiger charge is 2.35. The summed E-state index contributed by atoms with van der Waals surface area (Å²) in [6.45, 7) is 4.45. The number of rotatable bonds is 3. The van der Waals surface area contributed by atoms with Crippen LogP contribution >= 0.6 is 0 Å². The minimum absolute atomic E-state index is 0.181. The van der Waals surface area contributed by atoms with Crippen molar-refractivity contribution in [1.82, 2.24) is 10.2 Å². The fourth-order valence-electron chi connectivity index (χ4n) is 3.24. The number of nitrogens with one attached hydrogen (secondary N) is 1. The maximum atomic E-state index is 13.6. The molecule has 2 aromatic carbocycles. The van der Waals surface area contributed by atoms with Crippen LogP contribution in [0.15, 0.2) is 42.5 Å². The fourth-order valence-corrected chi connectivity index (χ4v) is 3.24. The zero-order chi connectivity index (χ0) is 18.0. The Morgan fingerprint density at radius 3 is 2.64 bits per heavy atom. The van der Waals surface area contributed by atoms with E-state index in [1.165, 1.54) is 12.1 Å². The van der Waals surface area contributed by atoms with Crippen molar-refractivity contribution in [1.29, 1.82) is 0 Å². The molecule has 3 rings (SSSR count). The number of halogens is 1. The van der Waals surface area contributed by atoms with Gasteiger partial charge in [-0.2, -0.15) is 0 Å². The molecule has 5 heteroatoms. The van der Waals surface area contributed by atoms with E-state index in [0.717, 1.165) is 11.1 Å². The molecule has 0 radical (unpaired) electrons. The summed E-state index contributed by atoms with van der Waals surface area (Å²) in [7, 11) is 0. The highest BCUT2D eigenvalue weighted by molar-refractivity contribution is 5.99. The van der Waals surface area contributed by atoms with Gasteiger partial charge in [0, 0.05) is 25.1 Å². The van der Waals surface area contributed by atoms with Crippen LogP contribution in [0.5, 0.6) is 0 Å². The first-order valence-electron chi connectivity index (χ1n) is 8.43. The normalized spacial score (nSPS) is 16.3. The molecule has 0 fully saturated rings. The highest BCUT2D eigenvalue weighted by Crippen LogP contribution is 2.26. The van der Waals surface area contributed by atoms with Crippen molar-refractivity contribution in [3.8, 4) is 0 Å². The number of carbonyl (C=O) groups is 2. The van der Waals surface area contributed by atoms with E-state index in [0.29, 0.717) is 30.6 Å². The molecule has 0 bridgehead atoms. The Labute approximate surface area is 146 Å². The summed E-state index contributed by atoms with van der Waals surface area (Å²) in [6.07, 6.45) is 0.460. The van der Waals surface area contributed by atoms with Gasteiger partial charge >= 0.3 is 0 Å². The van der Waals surface area contributed by atoms with Gasteiger partial charge in [-0.25, -0.2) is 4.39 Å². The first kappa shape index (κ1) is 17.1. The van der Waals surface area contributed by atoms with Crippen molar-refractivity contribution in [3.63, 3.8) is 0 Å². The average molecular weight is 340 g/mol. The van der Waals surface area contributed by atoms with Crippen molar-refractivity contribution in [3.05, 3.63) is 70.5 Å². The molecule has 0 saturated heterocycles. The van der Waals surface area contributed by atoms with Gasteiger partial charge in [0.15, 0.2) is 0 Å². The molecule has 0 unspecified atom stereocenters. The number of likely N-dealkylation sites (N-methyl/N-ethyl adjacent to an activating group) is 1. The van der Waals surface area contributed by atoms with Crippen LogP contribution in [0.3, 0.4) is 0 Å². The van der Waals surface area contributed by atoms with Crippen molar-refractivity contribution in [2.75, 3.05) is 6.54 Å². The number of benzene rings is 2. The molecule has 25 heavy (non-hydrogen) atoms. The topological polar surface area (TPSA) is 49.4 Å². The average Bonchev–Trinajstić information content (AvgIpc) is 2.62. The van der Waals surface area contributed by atoms with E-state index in [4.69, 9.17) is 0 Å². The van der Waals surface area contributed by atoms with Gasteiger partial charge in [-0.3, -0.25) is 9.59 Å². The van der Waals surface area contributed by atoms with Crippen LogP contribution < -0.4 is 5.32 Å². The van der Waals surface area contributed by atoms with Gasteiger partial charge < -0.3 is 10.2 Å². The van der Waals surface area contributed by atoms with Crippen LogP contribution in [0.2, 0.25) is 0 Å². The monoisotopic (exact) mass is 340 g/mol. The summed E-state index contributed by atoms with van der Waals surface area (Å²) >= 11 is 0. The lowest BCUT2D eigenvalue weighted by atomic mass is 9.92. The Bertz CT molecular complexity index is 819. The standard InChI is InChI=1S/C20H21FN2O2/c1-3-22-19(24)18-10-14-6-4-5-7-15(14)12-23(18)20(25)17-11-16(21)9-8-13(17)2/h4-9,11,18H,3,10,12H2,1-2H3,(H,22,24)/t18-/m1/s1. The van der Waals surface area contributed by atoms with Gasteiger partial charge in [-0.1, -0.05) is 30.3 Å². The van der Waals surface area contributed by atoms with Crippen LogP contribution in [-0.2, 0) is 17.8 Å². The van der Waals surface area contributed by atoms with Gasteiger partial charge in [0.1, 0.15) is 11.9 Å². The predicted molar refractivity (Wildman–Crippen MR) is 93.6 cm³/mol. The highest BCUT2D eigenvalue weighted by atomic mass is 19.1. The molecule has 1 aliphatic rings. The number of hydrogen-bond acceptors (Lipinski definition) is 2. The second kappa shape index (κ2) is 7.05. The third kappa shape index (κ3) is 3.40. The van der Waals surface area contributed by atoms with E-state index in [1.807, 2.05) is 31.2 Å². The van der Waals surface area contributed by atoms with Crippen molar-refractivity contribution < 1.29 is 14.0 Å². The van der Waals surface area contributed by atoms with Crippen molar-refractivity contribution >= 4 is 11.8 Å². The Morgan fingerprint density at radius 1 is 1.20 bits per heavy atom. The van der Waals surface area contributed by atoms with Gasteiger partial charge in [-0.05, 0) is 42.7 Å².